The molecule has 3 heteroatoms. The lowest BCUT2D eigenvalue weighted by Crippen LogP contribution is -2.42. The Kier molecular flexibility index (Phi) is 3.93. The van der Waals surface area contributed by atoms with Gasteiger partial charge in [0, 0.05) is 12.6 Å². The number of hydroxylamine groups is 2. The first kappa shape index (κ1) is 11.6. The Labute approximate surface area is 97.1 Å². The molecule has 2 N–H and O–H groups in total. The van der Waals surface area contributed by atoms with Crippen LogP contribution in [-0.2, 0) is 4.84 Å². The Morgan fingerprint density at radius 3 is 2.56 bits per heavy atom. The van der Waals surface area contributed by atoms with Gasteiger partial charge in [0.2, 0.25) is 0 Å². The van der Waals surface area contributed by atoms with Crippen LogP contribution in [0.4, 0.5) is 0 Å². The molecule has 0 amide bonds. The Hall–Kier alpha value is -0.900. The lowest BCUT2D eigenvalue weighted by molar-refractivity contribution is -0.211. The molecule has 0 aromatic heterocycles. The number of nitrogens with zero attached hydrogens (tertiary/aromatic N) is 1. The Bertz CT molecular complexity index is 307. The maximum absolute atomic E-state index is 6.08. The summed E-state index contributed by atoms with van der Waals surface area (Å²) < 4.78 is 0. The molecule has 16 heavy (non-hydrogen) atoms. The number of hydrogen-bond acceptors (Lipinski definition) is 3. The van der Waals surface area contributed by atoms with Gasteiger partial charge in [0.15, 0.2) is 0 Å². The minimum Gasteiger partial charge on any atom is -0.326 e. The average Bonchev–Trinajstić information content (AvgIpc) is 2.31. The SMILES string of the molecule is CC(N)C(c1ccccc1)N1CCCCO1. The molecule has 1 aromatic rings. The van der Waals surface area contributed by atoms with Gasteiger partial charge in [-0.25, -0.2) is 0 Å². The lowest BCUT2D eigenvalue weighted by atomic mass is 10.0. The summed E-state index contributed by atoms with van der Waals surface area (Å²) in [7, 11) is 0. The van der Waals surface area contributed by atoms with Gasteiger partial charge in [0.05, 0.1) is 12.6 Å². The molecule has 2 rings (SSSR count). The van der Waals surface area contributed by atoms with Gasteiger partial charge in [-0.1, -0.05) is 30.3 Å². The highest BCUT2D eigenvalue weighted by Gasteiger charge is 2.26. The van der Waals surface area contributed by atoms with E-state index >= 15 is 0 Å². The van der Waals surface area contributed by atoms with Crippen molar-refractivity contribution in [2.24, 2.45) is 5.73 Å². The highest BCUT2D eigenvalue weighted by Crippen LogP contribution is 2.26. The van der Waals surface area contributed by atoms with Gasteiger partial charge in [0.25, 0.3) is 0 Å². The molecule has 1 aliphatic heterocycles. The molecule has 0 saturated carbocycles. The minimum absolute atomic E-state index is 0.0699. The zero-order chi connectivity index (χ0) is 11.4. The molecule has 0 radical (unpaired) electrons. The van der Waals surface area contributed by atoms with E-state index in [1.165, 1.54) is 12.0 Å². The third kappa shape index (κ3) is 2.61. The van der Waals surface area contributed by atoms with Crippen LogP contribution in [-0.4, -0.2) is 24.3 Å². The molecule has 88 valence electrons. The fourth-order valence-corrected chi connectivity index (χ4v) is 2.22. The van der Waals surface area contributed by atoms with Crippen LogP contribution in [0.25, 0.3) is 0 Å². The first-order chi connectivity index (χ1) is 7.79. The quantitative estimate of drug-likeness (QED) is 0.847. The van der Waals surface area contributed by atoms with Crippen LogP contribution in [0.5, 0.6) is 0 Å². The van der Waals surface area contributed by atoms with Crippen molar-refractivity contribution >= 4 is 0 Å². The van der Waals surface area contributed by atoms with Gasteiger partial charge >= 0.3 is 0 Å². The first-order valence-electron chi connectivity index (χ1n) is 5.99. The summed E-state index contributed by atoms with van der Waals surface area (Å²) in [5, 5.41) is 2.05. The number of hydrogen-bond donors (Lipinski definition) is 1. The van der Waals surface area contributed by atoms with Crippen molar-refractivity contribution in [3.05, 3.63) is 35.9 Å². The van der Waals surface area contributed by atoms with E-state index in [1.54, 1.807) is 0 Å². The van der Waals surface area contributed by atoms with Gasteiger partial charge in [-0.05, 0) is 25.3 Å². The summed E-state index contributed by atoms with van der Waals surface area (Å²) in [5.41, 5.74) is 7.31. The highest BCUT2D eigenvalue weighted by molar-refractivity contribution is 5.20. The lowest BCUT2D eigenvalue weighted by Gasteiger charge is -2.36. The molecule has 1 fully saturated rings. The van der Waals surface area contributed by atoms with Crippen molar-refractivity contribution in [1.82, 2.24) is 5.06 Å². The predicted molar refractivity (Wildman–Crippen MR) is 64.7 cm³/mol. The monoisotopic (exact) mass is 220 g/mol. The van der Waals surface area contributed by atoms with Crippen LogP contribution >= 0.6 is 0 Å². The Morgan fingerprint density at radius 1 is 1.25 bits per heavy atom. The molecule has 1 saturated heterocycles. The van der Waals surface area contributed by atoms with E-state index < -0.39 is 0 Å². The number of nitrogens with two attached hydrogens (primary N) is 1. The fourth-order valence-electron chi connectivity index (χ4n) is 2.22. The van der Waals surface area contributed by atoms with E-state index in [4.69, 9.17) is 10.6 Å². The van der Waals surface area contributed by atoms with Crippen molar-refractivity contribution in [1.29, 1.82) is 0 Å². The van der Waals surface area contributed by atoms with Crippen LogP contribution in [0.15, 0.2) is 30.3 Å². The summed E-state index contributed by atoms with van der Waals surface area (Å²) in [6.45, 7) is 3.83. The molecule has 0 bridgehead atoms. The van der Waals surface area contributed by atoms with Gasteiger partial charge in [-0.15, -0.1) is 0 Å². The molecule has 2 atom stereocenters. The van der Waals surface area contributed by atoms with Crippen LogP contribution in [0.1, 0.15) is 31.4 Å². The standard InChI is InChI=1S/C13H20N2O/c1-11(14)13(12-7-3-2-4-8-12)15-9-5-6-10-16-15/h2-4,7-8,11,13H,5-6,9-10,14H2,1H3. The molecular weight excluding hydrogens is 200 g/mol. The van der Waals surface area contributed by atoms with E-state index in [0.29, 0.717) is 0 Å². The van der Waals surface area contributed by atoms with E-state index in [-0.39, 0.29) is 12.1 Å². The molecule has 3 nitrogen and oxygen atoms in total. The van der Waals surface area contributed by atoms with Gasteiger partial charge in [-0.2, -0.15) is 5.06 Å². The number of rotatable bonds is 3. The Morgan fingerprint density at radius 2 is 2.00 bits per heavy atom. The van der Waals surface area contributed by atoms with Crippen molar-refractivity contribution in [3.63, 3.8) is 0 Å². The molecule has 0 aliphatic carbocycles. The van der Waals surface area contributed by atoms with Gasteiger partial charge in [-0.3, -0.25) is 4.84 Å². The molecule has 1 aromatic carbocycles. The Balaban J connectivity index is 2.16. The summed E-state index contributed by atoms with van der Waals surface area (Å²) in [6, 6.07) is 10.6. The maximum Gasteiger partial charge on any atom is 0.0750 e. The van der Waals surface area contributed by atoms with E-state index in [0.717, 1.165) is 19.6 Å². The first-order valence-corrected chi connectivity index (χ1v) is 5.99. The summed E-state index contributed by atoms with van der Waals surface area (Å²) in [5.74, 6) is 0. The van der Waals surface area contributed by atoms with Crippen molar-refractivity contribution < 1.29 is 4.84 Å². The van der Waals surface area contributed by atoms with Gasteiger partial charge in [0.1, 0.15) is 0 Å². The van der Waals surface area contributed by atoms with Crippen molar-refractivity contribution in [2.45, 2.75) is 31.8 Å². The second kappa shape index (κ2) is 5.43. The molecule has 0 spiro atoms. The summed E-state index contributed by atoms with van der Waals surface area (Å²) >= 11 is 0. The topological polar surface area (TPSA) is 38.5 Å². The van der Waals surface area contributed by atoms with E-state index in [1.807, 2.05) is 18.1 Å². The van der Waals surface area contributed by atoms with Crippen molar-refractivity contribution in [2.75, 3.05) is 13.2 Å². The fraction of sp³-hybridized carbons (Fsp3) is 0.538. The summed E-state index contributed by atoms with van der Waals surface area (Å²) in [4.78, 5) is 5.71. The van der Waals surface area contributed by atoms with E-state index in [9.17, 15) is 0 Å². The molecule has 1 heterocycles. The average molecular weight is 220 g/mol. The third-order valence-electron chi connectivity index (χ3n) is 2.98. The maximum atomic E-state index is 6.08. The van der Waals surface area contributed by atoms with Crippen LogP contribution in [0.2, 0.25) is 0 Å². The van der Waals surface area contributed by atoms with Crippen LogP contribution < -0.4 is 5.73 Å². The number of benzene rings is 1. The third-order valence-corrected chi connectivity index (χ3v) is 2.98. The minimum atomic E-state index is 0.0699. The molecule has 2 unspecified atom stereocenters. The zero-order valence-corrected chi connectivity index (χ0v) is 9.80. The van der Waals surface area contributed by atoms with Crippen LogP contribution in [0, 0.1) is 0 Å². The second-order valence-electron chi connectivity index (χ2n) is 4.40. The van der Waals surface area contributed by atoms with Gasteiger partial charge < -0.3 is 5.73 Å². The molecule has 1 aliphatic rings. The smallest absolute Gasteiger partial charge is 0.0750 e. The normalized spacial score (nSPS) is 21.6. The van der Waals surface area contributed by atoms with Crippen LogP contribution in [0.3, 0.4) is 0 Å². The molecular formula is C13H20N2O. The zero-order valence-electron chi connectivity index (χ0n) is 9.80. The second-order valence-corrected chi connectivity index (χ2v) is 4.40. The largest absolute Gasteiger partial charge is 0.326 e. The summed E-state index contributed by atoms with van der Waals surface area (Å²) in [6.07, 6.45) is 2.34. The van der Waals surface area contributed by atoms with Crippen molar-refractivity contribution in [3.8, 4) is 0 Å². The predicted octanol–water partition coefficient (Wildman–Crippen LogP) is 2.10. The highest BCUT2D eigenvalue weighted by atomic mass is 16.7. The van der Waals surface area contributed by atoms with E-state index in [2.05, 4.69) is 24.3 Å².